The summed E-state index contributed by atoms with van der Waals surface area (Å²) in [6, 6.07) is 9.66. The first kappa shape index (κ1) is 21.8. The number of anilines is 1. The van der Waals surface area contributed by atoms with Crippen molar-refractivity contribution in [2.75, 3.05) is 19.1 Å². The fraction of sp³-hybridized carbons (Fsp3) is 0.250. The van der Waals surface area contributed by atoms with E-state index in [9.17, 15) is 14.7 Å². The summed E-state index contributed by atoms with van der Waals surface area (Å²) in [5, 5.41) is 14.1. The molecule has 0 aliphatic heterocycles. The molecule has 2 aromatic rings. The van der Waals surface area contributed by atoms with Crippen molar-refractivity contribution in [1.29, 1.82) is 0 Å². The number of halogens is 2. The van der Waals surface area contributed by atoms with Crippen LogP contribution in [0.2, 0.25) is 0 Å². The SMILES string of the molecule is COP(C)(=O)OC(C)Nc1cc(Oc2ccc(Br)cc2Br)ccc1[N+](=O)[O-]. The standard InChI is InChI=1S/C16H17Br2N2O6P/c1-10(26-27(3,23)24-2)19-14-9-12(5-6-15(14)20(21)22)25-16-7-4-11(17)8-13(16)18/h4-10,19H,1-3H3. The maximum Gasteiger partial charge on any atom is 0.329 e. The number of nitro groups is 1. The number of ether oxygens (including phenoxy) is 1. The lowest BCUT2D eigenvalue weighted by molar-refractivity contribution is -0.384. The monoisotopic (exact) mass is 522 g/mol. The zero-order chi connectivity index (χ0) is 20.2. The van der Waals surface area contributed by atoms with Crippen LogP contribution >= 0.6 is 39.5 Å². The van der Waals surface area contributed by atoms with Gasteiger partial charge in [-0.2, -0.15) is 0 Å². The Morgan fingerprint density at radius 1 is 1.22 bits per heavy atom. The Bertz CT molecular complexity index is 895. The molecular formula is C16H17Br2N2O6P. The van der Waals surface area contributed by atoms with Crippen molar-refractivity contribution in [2.24, 2.45) is 0 Å². The lowest BCUT2D eigenvalue weighted by Gasteiger charge is -2.20. The van der Waals surface area contributed by atoms with Gasteiger partial charge in [-0.3, -0.25) is 19.2 Å². The molecule has 0 heterocycles. The van der Waals surface area contributed by atoms with Crippen LogP contribution in [0.3, 0.4) is 0 Å². The molecule has 11 heteroatoms. The van der Waals surface area contributed by atoms with Crippen LogP contribution < -0.4 is 10.1 Å². The second-order valence-corrected chi connectivity index (χ2v) is 9.35. The van der Waals surface area contributed by atoms with Gasteiger partial charge in [0.05, 0.1) is 9.40 Å². The Labute approximate surface area is 173 Å². The molecule has 0 aliphatic carbocycles. The van der Waals surface area contributed by atoms with Crippen molar-refractivity contribution in [3.8, 4) is 11.5 Å². The Kier molecular flexibility index (Phi) is 7.41. The number of nitro benzene ring substituents is 1. The van der Waals surface area contributed by atoms with Gasteiger partial charge in [0.2, 0.25) is 0 Å². The normalized spacial score (nSPS) is 14.3. The van der Waals surface area contributed by atoms with Crippen LogP contribution in [0.25, 0.3) is 0 Å². The van der Waals surface area contributed by atoms with Gasteiger partial charge in [0, 0.05) is 30.4 Å². The lowest BCUT2D eigenvalue weighted by Crippen LogP contribution is -2.18. The third-order valence-corrected chi connectivity index (χ3v) is 5.80. The summed E-state index contributed by atoms with van der Waals surface area (Å²) in [4.78, 5) is 10.8. The van der Waals surface area contributed by atoms with Crippen molar-refractivity contribution in [3.63, 3.8) is 0 Å². The largest absolute Gasteiger partial charge is 0.456 e. The fourth-order valence-electron chi connectivity index (χ4n) is 2.11. The molecule has 0 saturated carbocycles. The number of hydrogen-bond acceptors (Lipinski definition) is 7. The molecule has 0 aromatic heterocycles. The quantitative estimate of drug-likeness (QED) is 0.191. The van der Waals surface area contributed by atoms with E-state index in [4.69, 9.17) is 13.8 Å². The average molecular weight is 524 g/mol. The fourth-order valence-corrected chi connectivity index (χ4v) is 3.96. The third-order valence-electron chi connectivity index (χ3n) is 3.33. The van der Waals surface area contributed by atoms with Crippen molar-refractivity contribution >= 4 is 50.8 Å². The highest BCUT2D eigenvalue weighted by Gasteiger charge is 2.22. The Balaban J connectivity index is 2.28. The molecule has 0 amide bonds. The summed E-state index contributed by atoms with van der Waals surface area (Å²) in [6.07, 6.45) is -0.797. The predicted octanol–water partition coefficient (Wildman–Crippen LogP) is 6.16. The summed E-state index contributed by atoms with van der Waals surface area (Å²) < 4.78 is 29.3. The third kappa shape index (κ3) is 6.29. The Morgan fingerprint density at radius 2 is 1.93 bits per heavy atom. The number of nitrogens with one attached hydrogen (secondary N) is 1. The van der Waals surface area contributed by atoms with E-state index in [1.165, 1.54) is 32.0 Å². The van der Waals surface area contributed by atoms with Crippen LogP contribution in [0.5, 0.6) is 11.5 Å². The second-order valence-electron chi connectivity index (χ2n) is 5.46. The van der Waals surface area contributed by atoms with E-state index >= 15 is 0 Å². The topological polar surface area (TPSA) is 99.9 Å². The minimum Gasteiger partial charge on any atom is -0.456 e. The molecule has 0 bridgehead atoms. The smallest absolute Gasteiger partial charge is 0.329 e. The summed E-state index contributed by atoms with van der Waals surface area (Å²) >= 11 is 6.76. The lowest BCUT2D eigenvalue weighted by atomic mass is 10.2. The van der Waals surface area contributed by atoms with E-state index in [1.807, 2.05) is 12.1 Å². The highest BCUT2D eigenvalue weighted by Crippen LogP contribution is 2.44. The van der Waals surface area contributed by atoms with Gasteiger partial charge in [0.15, 0.2) is 0 Å². The van der Waals surface area contributed by atoms with E-state index in [-0.39, 0.29) is 11.4 Å². The first-order valence-corrected chi connectivity index (χ1v) is 11.2. The van der Waals surface area contributed by atoms with E-state index in [0.717, 1.165) is 4.47 Å². The average Bonchev–Trinajstić information content (AvgIpc) is 2.57. The minimum absolute atomic E-state index is 0.161. The maximum absolute atomic E-state index is 11.9. The molecule has 146 valence electrons. The Morgan fingerprint density at radius 3 is 2.52 bits per heavy atom. The zero-order valence-electron chi connectivity index (χ0n) is 14.6. The molecule has 8 nitrogen and oxygen atoms in total. The maximum atomic E-state index is 11.9. The first-order valence-electron chi connectivity index (χ1n) is 7.61. The van der Waals surface area contributed by atoms with Gasteiger partial charge in [0.1, 0.15) is 23.4 Å². The van der Waals surface area contributed by atoms with Gasteiger partial charge in [-0.1, -0.05) is 15.9 Å². The van der Waals surface area contributed by atoms with Gasteiger partial charge in [-0.25, -0.2) is 0 Å². The summed E-state index contributed by atoms with van der Waals surface area (Å²) in [5.41, 5.74) is -0.00892. The molecule has 2 unspecified atom stereocenters. The number of hydrogen-bond donors (Lipinski definition) is 1. The molecule has 27 heavy (non-hydrogen) atoms. The first-order chi connectivity index (χ1) is 12.6. The molecule has 2 atom stereocenters. The van der Waals surface area contributed by atoms with Crippen LogP contribution in [0, 0.1) is 10.1 Å². The van der Waals surface area contributed by atoms with Gasteiger partial charge in [-0.15, -0.1) is 0 Å². The molecular weight excluding hydrogens is 507 g/mol. The summed E-state index contributed by atoms with van der Waals surface area (Å²) in [7, 11) is -1.99. The van der Waals surface area contributed by atoms with Crippen molar-refractivity contribution in [1.82, 2.24) is 0 Å². The molecule has 0 aliphatic rings. The molecule has 2 aromatic carbocycles. The second kappa shape index (κ2) is 9.16. The summed E-state index contributed by atoms with van der Waals surface area (Å²) in [6.45, 7) is 2.88. The van der Waals surface area contributed by atoms with Gasteiger partial charge < -0.3 is 14.6 Å². The van der Waals surface area contributed by atoms with Crippen LogP contribution in [-0.2, 0) is 13.6 Å². The highest BCUT2D eigenvalue weighted by molar-refractivity contribution is 9.11. The molecule has 0 spiro atoms. The molecule has 0 fully saturated rings. The predicted molar refractivity (Wildman–Crippen MR) is 110 cm³/mol. The van der Waals surface area contributed by atoms with E-state index in [2.05, 4.69) is 37.2 Å². The Hall–Kier alpha value is -1.45. The van der Waals surface area contributed by atoms with Crippen LogP contribution in [0.4, 0.5) is 11.4 Å². The van der Waals surface area contributed by atoms with E-state index in [0.29, 0.717) is 16.0 Å². The van der Waals surface area contributed by atoms with E-state index < -0.39 is 18.7 Å². The molecule has 1 N–H and O–H groups in total. The summed E-state index contributed by atoms with van der Waals surface area (Å²) in [5.74, 6) is 0.921. The number of benzene rings is 2. The van der Waals surface area contributed by atoms with Crippen molar-refractivity contribution < 1.29 is 23.3 Å². The van der Waals surface area contributed by atoms with Crippen molar-refractivity contribution in [3.05, 3.63) is 55.5 Å². The van der Waals surface area contributed by atoms with Gasteiger partial charge >= 0.3 is 7.60 Å². The van der Waals surface area contributed by atoms with E-state index in [1.54, 1.807) is 13.0 Å². The number of nitrogens with zero attached hydrogens (tertiary/aromatic N) is 1. The minimum atomic E-state index is -3.26. The molecule has 2 rings (SSSR count). The highest BCUT2D eigenvalue weighted by atomic mass is 79.9. The molecule has 0 saturated heterocycles. The number of rotatable bonds is 8. The zero-order valence-corrected chi connectivity index (χ0v) is 18.7. The van der Waals surface area contributed by atoms with Gasteiger partial charge in [-0.05, 0) is 47.1 Å². The molecule has 0 radical (unpaired) electrons. The van der Waals surface area contributed by atoms with Gasteiger partial charge in [0.25, 0.3) is 5.69 Å². The van der Waals surface area contributed by atoms with Crippen LogP contribution in [0.1, 0.15) is 6.92 Å². The van der Waals surface area contributed by atoms with Crippen molar-refractivity contribution in [2.45, 2.75) is 13.2 Å². The van der Waals surface area contributed by atoms with Crippen LogP contribution in [0.15, 0.2) is 45.3 Å². The van der Waals surface area contributed by atoms with Crippen LogP contribution in [-0.4, -0.2) is 24.9 Å².